The first-order chi connectivity index (χ1) is 8.69. The van der Waals surface area contributed by atoms with E-state index in [1.807, 2.05) is 13.8 Å². The molecule has 0 bridgehead atoms. The van der Waals surface area contributed by atoms with Gasteiger partial charge < -0.3 is 10.1 Å². The molecule has 0 amide bonds. The number of nitrogens with zero attached hydrogens (tertiary/aromatic N) is 2. The molecule has 0 saturated heterocycles. The van der Waals surface area contributed by atoms with E-state index in [9.17, 15) is 0 Å². The van der Waals surface area contributed by atoms with E-state index in [0.29, 0.717) is 30.2 Å². The molecule has 1 aromatic heterocycles. The fourth-order valence-electron chi connectivity index (χ4n) is 1.31. The van der Waals surface area contributed by atoms with E-state index in [-0.39, 0.29) is 5.54 Å². The minimum absolute atomic E-state index is 0.382. The van der Waals surface area contributed by atoms with Gasteiger partial charge >= 0.3 is 0 Å². The largest absolute Gasteiger partial charge is 0.478 e. The Balaban J connectivity index is 2.77. The van der Waals surface area contributed by atoms with Gasteiger partial charge in [-0.05, 0) is 12.8 Å². The summed E-state index contributed by atoms with van der Waals surface area (Å²) in [5.41, 5.74) is -0.382. The van der Waals surface area contributed by atoms with Crippen LogP contribution >= 0.6 is 23.2 Å². The molecule has 0 aliphatic heterocycles. The standard InChI is InChI=1S/C12H19Cl2N3O/c1-3-7-18-10-5-6-15-11(16-10)17-12(4-2,8-13)9-14/h5-6H,3-4,7-9H2,1-2H3,(H,15,16,17). The predicted octanol–water partition coefficient (Wildman–Crippen LogP) is 3.30. The number of anilines is 1. The second-order valence-electron chi connectivity index (χ2n) is 4.09. The summed E-state index contributed by atoms with van der Waals surface area (Å²) in [6.45, 7) is 4.71. The minimum Gasteiger partial charge on any atom is -0.478 e. The van der Waals surface area contributed by atoms with Crippen molar-refractivity contribution in [3.63, 3.8) is 0 Å². The summed E-state index contributed by atoms with van der Waals surface area (Å²) in [6, 6.07) is 1.73. The van der Waals surface area contributed by atoms with Crippen LogP contribution < -0.4 is 10.1 Å². The number of ether oxygens (including phenoxy) is 1. The van der Waals surface area contributed by atoms with Gasteiger partial charge in [0.05, 0.1) is 12.1 Å². The van der Waals surface area contributed by atoms with Crippen LogP contribution in [0.15, 0.2) is 12.3 Å². The molecular formula is C12H19Cl2N3O. The van der Waals surface area contributed by atoms with E-state index in [4.69, 9.17) is 27.9 Å². The highest BCUT2D eigenvalue weighted by atomic mass is 35.5. The summed E-state index contributed by atoms with van der Waals surface area (Å²) < 4.78 is 5.45. The molecule has 0 aliphatic rings. The second-order valence-corrected chi connectivity index (χ2v) is 4.63. The van der Waals surface area contributed by atoms with Crippen molar-refractivity contribution >= 4 is 29.2 Å². The average Bonchev–Trinajstić information content (AvgIpc) is 2.43. The van der Waals surface area contributed by atoms with Gasteiger partial charge in [-0.1, -0.05) is 13.8 Å². The third kappa shape index (κ3) is 4.18. The molecule has 1 rings (SSSR count). The number of rotatable bonds is 8. The van der Waals surface area contributed by atoms with Gasteiger partial charge in [0.1, 0.15) is 0 Å². The fourth-order valence-corrected chi connectivity index (χ4v) is 2.10. The lowest BCUT2D eigenvalue weighted by Gasteiger charge is -2.29. The molecule has 0 radical (unpaired) electrons. The molecular weight excluding hydrogens is 273 g/mol. The SMILES string of the molecule is CCCOc1ccnc(NC(CC)(CCl)CCl)n1. The van der Waals surface area contributed by atoms with Crippen molar-refractivity contribution < 1.29 is 4.74 Å². The lowest BCUT2D eigenvalue weighted by molar-refractivity contribution is 0.305. The van der Waals surface area contributed by atoms with Crippen molar-refractivity contribution in [3.8, 4) is 5.88 Å². The van der Waals surface area contributed by atoms with Gasteiger partial charge in [0.15, 0.2) is 0 Å². The Bertz CT molecular complexity index is 351. The third-order valence-electron chi connectivity index (χ3n) is 2.65. The highest BCUT2D eigenvalue weighted by molar-refractivity contribution is 6.22. The van der Waals surface area contributed by atoms with Crippen LogP contribution in [0.3, 0.4) is 0 Å². The molecule has 0 fully saturated rings. The third-order valence-corrected chi connectivity index (χ3v) is 3.67. The van der Waals surface area contributed by atoms with E-state index in [0.717, 1.165) is 12.8 Å². The molecule has 6 heteroatoms. The number of hydrogen-bond donors (Lipinski definition) is 1. The number of nitrogens with one attached hydrogen (secondary N) is 1. The van der Waals surface area contributed by atoms with E-state index < -0.39 is 0 Å². The van der Waals surface area contributed by atoms with E-state index in [2.05, 4.69) is 15.3 Å². The Morgan fingerprint density at radius 1 is 1.33 bits per heavy atom. The van der Waals surface area contributed by atoms with Crippen molar-refractivity contribution in [1.29, 1.82) is 0 Å². The average molecular weight is 292 g/mol. The zero-order valence-electron chi connectivity index (χ0n) is 10.7. The molecule has 0 spiro atoms. The van der Waals surface area contributed by atoms with Crippen molar-refractivity contribution in [2.24, 2.45) is 0 Å². The van der Waals surface area contributed by atoms with Gasteiger partial charge in [0.25, 0.3) is 0 Å². The number of alkyl halides is 2. The van der Waals surface area contributed by atoms with Crippen LogP contribution in [0.25, 0.3) is 0 Å². The smallest absolute Gasteiger partial charge is 0.226 e. The van der Waals surface area contributed by atoms with E-state index in [1.165, 1.54) is 0 Å². The lowest BCUT2D eigenvalue weighted by atomic mass is 10.0. The maximum absolute atomic E-state index is 5.96. The van der Waals surface area contributed by atoms with Crippen LogP contribution in [-0.2, 0) is 0 Å². The highest BCUT2D eigenvalue weighted by Gasteiger charge is 2.27. The van der Waals surface area contributed by atoms with E-state index >= 15 is 0 Å². The van der Waals surface area contributed by atoms with Gasteiger partial charge in [-0.15, -0.1) is 23.2 Å². The van der Waals surface area contributed by atoms with Crippen molar-refractivity contribution in [2.75, 3.05) is 23.7 Å². The molecule has 1 heterocycles. The first-order valence-corrected chi connectivity index (χ1v) is 7.12. The van der Waals surface area contributed by atoms with E-state index in [1.54, 1.807) is 12.3 Å². The molecule has 1 aromatic rings. The van der Waals surface area contributed by atoms with Gasteiger partial charge in [-0.3, -0.25) is 0 Å². The van der Waals surface area contributed by atoms with Crippen molar-refractivity contribution in [1.82, 2.24) is 9.97 Å². The maximum Gasteiger partial charge on any atom is 0.226 e. The Kier molecular flexibility index (Phi) is 6.50. The molecule has 102 valence electrons. The predicted molar refractivity (Wildman–Crippen MR) is 75.9 cm³/mol. The first kappa shape index (κ1) is 15.3. The van der Waals surface area contributed by atoms with Crippen LogP contribution in [0.2, 0.25) is 0 Å². The molecule has 0 atom stereocenters. The number of aromatic nitrogens is 2. The quantitative estimate of drug-likeness (QED) is 0.747. The summed E-state index contributed by atoms with van der Waals surface area (Å²) >= 11 is 11.9. The second kappa shape index (κ2) is 7.64. The summed E-state index contributed by atoms with van der Waals surface area (Å²) in [5, 5.41) is 3.19. The maximum atomic E-state index is 5.96. The molecule has 0 aromatic carbocycles. The van der Waals surface area contributed by atoms with Crippen LogP contribution in [-0.4, -0.2) is 33.9 Å². The lowest BCUT2D eigenvalue weighted by Crippen LogP contribution is -2.42. The molecule has 18 heavy (non-hydrogen) atoms. The number of hydrogen-bond acceptors (Lipinski definition) is 4. The summed E-state index contributed by atoms with van der Waals surface area (Å²) in [7, 11) is 0. The Morgan fingerprint density at radius 3 is 2.61 bits per heavy atom. The Labute approximate surface area is 118 Å². The summed E-state index contributed by atoms with van der Waals surface area (Å²) in [4.78, 5) is 8.43. The molecule has 1 N–H and O–H groups in total. The van der Waals surface area contributed by atoms with Gasteiger partial charge in [-0.25, -0.2) is 4.98 Å². The minimum atomic E-state index is -0.382. The Morgan fingerprint density at radius 2 is 2.06 bits per heavy atom. The van der Waals surface area contributed by atoms with Gasteiger partial charge in [-0.2, -0.15) is 4.98 Å². The highest BCUT2D eigenvalue weighted by Crippen LogP contribution is 2.20. The van der Waals surface area contributed by atoms with Gasteiger partial charge in [0, 0.05) is 24.0 Å². The Hall–Kier alpha value is -0.740. The molecule has 0 unspecified atom stereocenters. The molecule has 0 aliphatic carbocycles. The van der Waals surface area contributed by atoms with Gasteiger partial charge in [0.2, 0.25) is 11.8 Å². The monoisotopic (exact) mass is 291 g/mol. The van der Waals surface area contributed by atoms with Crippen LogP contribution in [0, 0.1) is 0 Å². The topological polar surface area (TPSA) is 47.0 Å². The molecule has 0 saturated carbocycles. The van der Waals surface area contributed by atoms with Crippen LogP contribution in [0.1, 0.15) is 26.7 Å². The fraction of sp³-hybridized carbons (Fsp3) is 0.667. The van der Waals surface area contributed by atoms with Crippen LogP contribution in [0.4, 0.5) is 5.95 Å². The number of halogens is 2. The zero-order valence-corrected chi connectivity index (χ0v) is 12.3. The zero-order chi connectivity index (χ0) is 13.4. The molecule has 4 nitrogen and oxygen atoms in total. The van der Waals surface area contributed by atoms with Crippen molar-refractivity contribution in [3.05, 3.63) is 12.3 Å². The first-order valence-electron chi connectivity index (χ1n) is 6.05. The normalized spacial score (nSPS) is 11.3. The van der Waals surface area contributed by atoms with Crippen LogP contribution in [0.5, 0.6) is 5.88 Å². The van der Waals surface area contributed by atoms with Crippen molar-refractivity contribution in [2.45, 2.75) is 32.2 Å². The summed E-state index contributed by atoms with van der Waals surface area (Å²) in [6.07, 6.45) is 3.39. The summed E-state index contributed by atoms with van der Waals surface area (Å²) in [5.74, 6) is 1.85.